The van der Waals surface area contributed by atoms with E-state index in [1.54, 1.807) is 25.3 Å². The maximum Gasteiger partial charge on any atom is 0.341 e. The number of halogens is 2. The number of rotatable bonds is 8. The third-order valence-corrected chi connectivity index (χ3v) is 8.10. The number of fused-ring (bicyclic) bond motifs is 2. The summed E-state index contributed by atoms with van der Waals surface area (Å²) in [7, 11) is 2.92. The van der Waals surface area contributed by atoms with Gasteiger partial charge in [-0.3, -0.25) is 9.59 Å². The fourth-order valence-corrected chi connectivity index (χ4v) is 5.55. The SMILES string of the molecule is COC(=O)c1ccc2c(c1C)CC[C@@H]2NC(=O)c1cc(C(=O)NCc2ccc(F)c(F)c2)nc2c(C(=O)O)cnn12.COc1cccc(N)c1. The Labute approximate surface area is 284 Å². The molecule has 1 aliphatic rings. The smallest absolute Gasteiger partial charge is 0.341 e. The highest BCUT2D eigenvalue weighted by atomic mass is 19.2. The highest BCUT2D eigenvalue weighted by Crippen LogP contribution is 2.35. The van der Waals surface area contributed by atoms with E-state index in [1.807, 2.05) is 25.1 Å². The maximum absolute atomic E-state index is 13.6. The van der Waals surface area contributed by atoms with Crippen molar-refractivity contribution in [3.05, 3.63) is 123 Å². The number of carboxylic acid groups (broad SMARTS) is 1. The molecule has 2 heterocycles. The van der Waals surface area contributed by atoms with E-state index in [9.17, 15) is 33.1 Å². The van der Waals surface area contributed by atoms with Crippen molar-refractivity contribution in [3.63, 3.8) is 0 Å². The Hall–Kier alpha value is -6.38. The topological polar surface area (TPSA) is 187 Å². The van der Waals surface area contributed by atoms with Crippen molar-refractivity contribution >= 4 is 35.1 Å². The molecule has 6 rings (SSSR count). The number of amides is 2. The molecule has 0 saturated carbocycles. The number of nitrogens with zero attached hydrogens (tertiary/aromatic N) is 3. The van der Waals surface area contributed by atoms with Gasteiger partial charge in [0, 0.05) is 24.4 Å². The molecule has 258 valence electrons. The van der Waals surface area contributed by atoms with Gasteiger partial charge in [0.15, 0.2) is 17.3 Å². The van der Waals surface area contributed by atoms with E-state index < -0.39 is 41.4 Å². The Balaban J connectivity index is 0.000000470. The summed E-state index contributed by atoms with van der Waals surface area (Å²) in [6.07, 6.45) is 2.17. The second-order valence-corrected chi connectivity index (χ2v) is 11.2. The van der Waals surface area contributed by atoms with Crippen LogP contribution in [-0.4, -0.2) is 57.7 Å². The molecule has 50 heavy (non-hydrogen) atoms. The van der Waals surface area contributed by atoms with Crippen molar-refractivity contribution < 1.29 is 42.5 Å². The summed E-state index contributed by atoms with van der Waals surface area (Å²) < 4.78 is 37.6. The maximum atomic E-state index is 13.6. The van der Waals surface area contributed by atoms with Gasteiger partial charge in [0.2, 0.25) is 0 Å². The number of nitrogen functional groups attached to an aromatic ring is 1. The first-order valence-electron chi connectivity index (χ1n) is 15.2. The molecular formula is C35H32F2N6O7. The first-order valence-corrected chi connectivity index (χ1v) is 15.2. The number of esters is 1. The molecule has 2 aromatic heterocycles. The van der Waals surface area contributed by atoms with Crippen LogP contribution >= 0.6 is 0 Å². The molecule has 0 bridgehead atoms. The standard InChI is InChI=1S/C28H23F2N5O6.C7H9NO/c1-13-15-6-8-21(17(15)5-4-16(13)28(40)41-2)34-26(37)23-10-22(33-24-18(27(38)39)12-32-35(23)24)25(36)31-11-14-3-7-19(29)20(30)9-14;1-9-7-4-2-3-6(8)5-7/h3-5,7,9-10,12,21H,6,8,11H2,1-2H3,(H,31,36)(H,34,37)(H,38,39);2-5H,8H2,1H3/t21-;/m0./s1. The van der Waals surface area contributed by atoms with Crippen molar-refractivity contribution in [2.45, 2.75) is 32.4 Å². The van der Waals surface area contributed by atoms with Gasteiger partial charge >= 0.3 is 11.9 Å². The lowest BCUT2D eigenvalue weighted by molar-refractivity contribution is 0.0598. The van der Waals surface area contributed by atoms with Crippen LogP contribution in [0.4, 0.5) is 14.5 Å². The lowest BCUT2D eigenvalue weighted by atomic mass is 9.98. The van der Waals surface area contributed by atoms with Crippen LogP contribution in [0.25, 0.3) is 5.65 Å². The van der Waals surface area contributed by atoms with Gasteiger partial charge in [0.1, 0.15) is 22.7 Å². The minimum atomic E-state index is -1.36. The van der Waals surface area contributed by atoms with Crippen molar-refractivity contribution in [1.82, 2.24) is 25.2 Å². The number of methoxy groups -OCH3 is 2. The van der Waals surface area contributed by atoms with E-state index in [0.29, 0.717) is 18.4 Å². The van der Waals surface area contributed by atoms with E-state index in [-0.39, 0.29) is 34.7 Å². The van der Waals surface area contributed by atoms with Crippen LogP contribution in [0.3, 0.4) is 0 Å². The average Bonchev–Trinajstić information content (AvgIpc) is 3.73. The van der Waals surface area contributed by atoms with E-state index in [4.69, 9.17) is 15.2 Å². The van der Waals surface area contributed by atoms with Crippen LogP contribution in [0.2, 0.25) is 0 Å². The molecule has 0 spiro atoms. The number of nitrogens with one attached hydrogen (secondary N) is 2. The molecule has 0 aliphatic heterocycles. The Bertz CT molecular complexity index is 2130. The number of anilines is 1. The first-order chi connectivity index (χ1) is 23.9. The van der Waals surface area contributed by atoms with Crippen LogP contribution in [0, 0.1) is 18.6 Å². The summed E-state index contributed by atoms with van der Waals surface area (Å²) in [4.78, 5) is 54.4. The van der Waals surface area contributed by atoms with Crippen LogP contribution in [0.15, 0.2) is 66.9 Å². The molecule has 0 fully saturated rings. The normalized spacial score (nSPS) is 13.1. The summed E-state index contributed by atoms with van der Waals surface area (Å²) in [6.45, 7) is 1.63. The molecule has 0 saturated heterocycles. The molecule has 0 unspecified atom stereocenters. The third kappa shape index (κ3) is 7.36. The molecule has 1 atom stereocenters. The molecule has 2 amide bonds. The van der Waals surface area contributed by atoms with Crippen LogP contribution in [0.1, 0.15) is 76.4 Å². The van der Waals surface area contributed by atoms with E-state index >= 15 is 0 Å². The second-order valence-electron chi connectivity index (χ2n) is 11.2. The zero-order chi connectivity index (χ0) is 36.1. The third-order valence-electron chi connectivity index (χ3n) is 8.10. The minimum absolute atomic E-state index is 0.142. The Morgan fingerprint density at radius 3 is 2.44 bits per heavy atom. The fraction of sp³-hybridized carbons (Fsp3) is 0.200. The van der Waals surface area contributed by atoms with E-state index in [1.165, 1.54) is 19.2 Å². The van der Waals surface area contributed by atoms with Crippen molar-refractivity contribution in [1.29, 1.82) is 0 Å². The number of ether oxygens (including phenoxy) is 2. The Kier molecular flexibility index (Phi) is 10.3. The van der Waals surface area contributed by atoms with Crippen LogP contribution in [-0.2, 0) is 17.7 Å². The van der Waals surface area contributed by atoms with Crippen molar-refractivity contribution in [3.8, 4) is 5.75 Å². The summed E-state index contributed by atoms with van der Waals surface area (Å²) in [6, 6.07) is 14.6. The van der Waals surface area contributed by atoms with Gasteiger partial charge in [-0.15, -0.1) is 0 Å². The number of hydrogen-bond donors (Lipinski definition) is 4. The van der Waals surface area contributed by atoms with Gasteiger partial charge in [-0.25, -0.2) is 27.9 Å². The molecule has 0 radical (unpaired) electrons. The highest BCUT2D eigenvalue weighted by molar-refractivity contribution is 6.01. The number of carbonyl (C=O) groups excluding carboxylic acids is 3. The van der Waals surface area contributed by atoms with Gasteiger partial charge in [-0.1, -0.05) is 18.2 Å². The number of hydrogen-bond acceptors (Lipinski definition) is 9. The fourth-order valence-electron chi connectivity index (χ4n) is 5.55. The van der Waals surface area contributed by atoms with Gasteiger partial charge in [-0.2, -0.15) is 5.10 Å². The monoisotopic (exact) mass is 686 g/mol. The molecule has 5 aromatic rings. The molecular weight excluding hydrogens is 654 g/mol. The molecule has 15 heteroatoms. The number of carboxylic acids is 1. The summed E-state index contributed by atoms with van der Waals surface area (Å²) in [5, 5.41) is 19.0. The number of carbonyl (C=O) groups is 4. The highest BCUT2D eigenvalue weighted by Gasteiger charge is 2.30. The largest absolute Gasteiger partial charge is 0.497 e. The van der Waals surface area contributed by atoms with Gasteiger partial charge in [0.05, 0.1) is 32.0 Å². The number of aromatic nitrogens is 3. The zero-order valence-electron chi connectivity index (χ0n) is 27.1. The number of nitrogens with two attached hydrogens (primary N) is 1. The predicted octanol–water partition coefficient (Wildman–Crippen LogP) is 4.43. The zero-order valence-corrected chi connectivity index (χ0v) is 27.1. The summed E-state index contributed by atoms with van der Waals surface area (Å²) in [5.41, 5.74) is 8.42. The molecule has 5 N–H and O–H groups in total. The second kappa shape index (κ2) is 14.8. The van der Waals surface area contributed by atoms with E-state index in [2.05, 4.69) is 20.7 Å². The van der Waals surface area contributed by atoms with Crippen LogP contribution < -0.4 is 21.1 Å². The lowest BCUT2D eigenvalue weighted by Crippen LogP contribution is -2.31. The van der Waals surface area contributed by atoms with Gasteiger partial charge < -0.3 is 30.9 Å². The molecule has 13 nitrogen and oxygen atoms in total. The Morgan fingerprint density at radius 2 is 1.78 bits per heavy atom. The summed E-state index contributed by atoms with van der Waals surface area (Å²) >= 11 is 0. The first kappa shape index (κ1) is 34.9. The lowest BCUT2D eigenvalue weighted by Gasteiger charge is -2.16. The van der Waals surface area contributed by atoms with Crippen LogP contribution in [0.5, 0.6) is 5.75 Å². The van der Waals surface area contributed by atoms with Gasteiger partial charge in [-0.05, 0) is 72.4 Å². The van der Waals surface area contributed by atoms with Gasteiger partial charge in [0.25, 0.3) is 11.8 Å². The minimum Gasteiger partial charge on any atom is -0.497 e. The number of benzene rings is 3. The van der Waals surface area contributed by atoms with E-state index in [0.717, 1.165) is 51.0 Å². The van der Waals surface area contributed by atoms with Crippen molar-refractivity contribution in [2.75, 3.05) is 20.0 Å². The Morgan fingerprint density at radius 1 is 1.00 bits per heavy atom. The molecule has 1 aliphatic carbocycles. The van der Waals surface area contributed by atoms with Crippen molar-refractivity contribution in [2.24, 2.45) is 0 Å². The predicted molar refractivity (Wildman–Crippen MR) is 176 cm³/mol. The average molecular weight is 687 g/mol. The number of aromatic carboxylic acids is 1. The summed E-state index contributed by atoms with van der Waals surface area (Å²) in [5.74, 6) is -4.55. The quantitative estimate of drug-likeness (QED) is 0.134. The molecule has 3 aromatic carbocycles.